The number of nitriles is 1. The van der Waals surface area contributed by atoms with E-state index in [1.54, 1.807) is 12.1 Å². The van der Waals surface area contributed by atoms with Gasteiger partial charge in [-0.25, -0.2) is 0 Å². The molecule has 0 spiro atoms. The van der Waals surface area contributed by atoms with E-state index in [2.05, 4.69) is 18.0 Å². The van der Waals surface area contributed by atoms with Gasteiger partial charge >= 0.3 is 0 Å². The van der Waals surface area contributed by atoms with Crippen LogP contribution in [-0.4, -0.2) is 7.05 Å². The molecule has 0 aliphatic heterocycles. The predicted molar refractivity (Wildman–Crippen MR) is 50.8 cm³/mol. The molecule has 0 saturated carbocycles. The maximum absolute atomic E-state index is 8.74. The van der Waals surface area contributed by atoms with Crippen LogP contribution >= 0.6 is 0 Å². The smallest absolute Gasteiger partial charge is 0.0998 e. The zero-order chi connectivity index (χ0) is 8.97. The summed E-state index contributed by atoms with van der Waals surface area (Å²) in [6, 6.07) is 7.64. The average molecular weight is 158 g/mol. The molecule has 0 atom stereocenters. The summed E-state index contributed by atoms with van der Waals surface area (Å²) in [4.78, 5) is 0. The first kappa shape index (κ1) is 8.35. The first-order valence-electron chi connectivity index (χ1n) is 3.66. The Balaban J connectivity index is 3.34. The molecule has 0 unspecified atom stereocenters. The van der Waals surface area contributed by atoms with Gasteiger partial charge < -0.3 is 5.32 Å². The van der Waals surface area contributed by atoms with Crippen LogP contribution in [0.4, 0.5) is 5.69 Å². The molecule has 0 bridgehead atoms. The molecule has 0 amide bonds. The Labute approximate surface area is 72.1 Å². The topological polar surface area (TPSA) is 35.8 Å². The van der Waals surface area contributed by atoms with E-state index in [9.17, 15) is 0 Å². The number of hydrogen-bond acceptors (Lipinski definition) is 2. The lowest BCUT2D eigenvalue weighted by Crippen LogP contribution is -1.93. The van der Waals surface area contributed by atoms with Gasteiger partial charge in [0.2, 0.25) is 0 Å². The highest BCUT2D eigenvalue weighted by Crippen LogP contribution is 2.19. The average Bonchev–Trinajstić information content (AvgIpc) is 2.16. The second-order valence-corrected chi connectivity index (χ2v) is 2.33. The van der Waals surface area contributed by atoms with Crippen molar-refractivity contribution in [3.05, 3.63) is 35.9 Å². The number of rotatable bonds is 2. The number of nitrogens with zero attached hydrogens (tertiary/aromatic N) is 1. The molecule has 0 aliphatic carbocycles. The summed E-state index contributed by atoms with van der Waals surface area (Å²) in [5.74, 6) is 0. The zero-order valence-corrected chi connectivity index (χ0v) is 6.96. The van der Waals surface area contributed by atoms with E-state index in [0.29, 0.717) is 5.56 Å². The van der Waals surface area contributed by atoms with Gasteiger partial charge in [0.15, 0.2) is 0 Å². The Morgan fingerprint density at radius 3 is 2.83 bits per heavy atom. The SMILES string of the molecule is C=Cc1c(C#N)cccc1NC. The van der Waals surface area contributed by atoms with Crippen molar-refractivity contribution in [3.8, 4) is 6.07 Å². The summed E-state index contributed by atoms with van der Waals surface area (Å²) < 4.78 is 0. The molecular formula is C10H10N2. The molecule has 1 aromatic carbocycles. The van der Waals surface area contributed by atoms with Gasteiger partial charge in [0.1, 0.15) is 0 Å². The minimum Gasteiger partial charge on any atom is -0.388 e. The van der Waals surface area contributed by atoms with Gasteiger partial charge in [0.25, 0.3) is 0 Å². The van der Waals surface area contributed by atoms with Crippen molar-refractivity contribution in [1.29, 1.82) is 5.26 Å². The van der Waals surface area contributed by atoms with E-state index >= 15 is 0 Å². The van der Waals surface area contributed by atoms with Crippen LogP contribution in [0, 0.1) is 11.3 Å². The van der Waals surface area contributed by atoms with Crippen molar-refractivity contribution in [2.45, 2.75) is 0 Å². The maximum atomic E-state index is 8.74. The first-order chi connectivity index (χ1) is 5.83. The third-order valence-electron chi connectivity index (χ3n) is 1.70. The Hall–Kier alpha value is -1.75. The summed E-state index contributed by atoms with van der Waals surface area (Å²) in [7, 11) is 1.82. The van der Waals surface area contributed by atoms with E-state index in [0.717, 1.165) is 11.3 Å². The maximum Gasteiger partial charge on any atom is 0.0998 e. The molecule has 1 rings (SSSR count). The third kappa shape index (κ3) is 1.30. The summed E-state index contributed by atoms with van der Waals surface area (Å²) in [5.41, 5.74) is 2.45. The minimum absolute atomic E-state index is 0.650. The summed E-state index contributed by atoms with van der Waals surface area (Å²) in [5, 5.41) is 11.7. The standard InChI is InChI=1S/C10H10N2/c1-3-9-8(7-11)5-4-6-10(9)12-2/h3-6,12H,1H2,2H3. The Kier molecular flexibility index (Phi) is 2.49. The van der Waals surface area contributed by atoms with Crippen LogP contribution in [0.1, 0.15) is 11.1 Å². The molecule has 0 radical (unpaired) electrons. The van der Waals surface area contributed by atoms with Crippen molar-refractivity contribution in [2.24, 2.45) is 0 Å². The lowest BCUT2D eigenvalue weighted by Gasteiger charge is -2.05. The highest BCUT2D eigenvalue weighted by Gasteiger charge is 2.01. The van der Waals surface area contributed by atoms with Gasteiger partial charge in [0.05, 0.1) is 11.6 Å². The Morgan fingerprint density at radius 2 is 2.33 bits per heavy atom. The van der Waals surface area contributed by atoms with E-state index < -0.39 is 0 Å². The van der Waals surface area contributed by atoms with Crippen LogP contribution in [0.3, 0.4) is 0 Å². The van der Waals surface area contributed by atoms with Gasteiger partial charge in [-0.1, -0.05) is 18.7 Å². The summed E-state index contributed by atoms with van der Waals surface area (Å²) >= 11 is 0. The van der Waals surface area contributed by atoms with Crippen molar-refractivity contribution < 1.29 is 0 Å². The van der Waals surface area contributed by atoms with E-state index in [1.807, 2.05) is 19.2 Å². The van der Waals surface area contributed by atoms with Gasteiger partial charge in [-0.05, 0) is 12.1 Å². The van der Waals surface area contributed by atoms with Crippen LogP contribution in [0.25, 0.3) is 6.08 Å². The number of anilines is 1. The second kappa shape index (κ2) is 3.59. The van der Waals surface area contributed by atoms with E-state index in [4.69, 9.17) is 5.26 Å². The van der Waals surface area contributed by atoms with Crippen LogP contribution in [-0.2, 0) is 0 Å². The molecule has 12 heavy (non-hydrogen) atoms. The zero-order valence-electron chi connectivity index (χ0n) is 6.96. The lowest BCUT2D eigenvalue weighted by molar-refractivity contribution is 1.44. The van der Waals surface area contributed by atoms with Gasteiger partial charge in [0, 0.05) is 18.3 Å². The van der Waals surface area contributed by atoms with E-state index in [-0.39, 0.29) is 0 Å². The summed E-state index contributed by atoms with van der Waals surface area (Å²) in [6.45, 7) is 3.66. The molecule has 2 heteroatoms. The van der Waals surface area contributed by atoms with Crippen LogP contribution in [0.15, 0.2) is 24.8 Å². The van der Waals surface area contributed by atoms with Gasteiger partial charge in [-0.2, -0.15) is 5.26 Å². The number of nitrogens with one attached hydrogen (secondary N) is 1. The van der Waals surface area contributed by atoms with Crippen molar-refractivity contribution in [2.75, 3.05) is 12.4 Å². The molecule has 1 N–H and O–H groups in total. The Morgan fingerprint density at radius 1 is 1.58 bits per heavy atom. The fourth-order valence-corrected chi connectivity index (χ4v) is 1.10. The van der Waals surface area contributed by atoms with Gasteiger partial charge in [-0.3, -0.25) is 0 Å². The molecule has 0 saturated heterocycles. The van der Waals surface area contributed by atoms with Crippen LogP contribution in [0.2, 0.25) is 0 Å². The van der Waals surface area contributed by atoms with Crippen LogP contribution < -0.4 is 5.32 Å². The molecule has 60 valence electrons. The predicted octanol–water partition coefficient (Wildman–Crippen LogP) is 2.24. The van der Waals surface area contributed by atoms with Crippen molar-refractivity contribution >= 4 is 11.8 Å². The molecule has 0 fully saturated rings. The monoisotopic (exact) mass is 158 g/mol. The van der Waals surface area contributed by atoms with Gasteiger partial charge in [-0.15, -0.1) is 0 Å². The quantitative estimate of drug-likeness (QED) is 0.716. The fraction of sp³-hybridized carbons (Fsp3) is 0.100. The third-order valence-corrected chi connectivity index (χ3v) is 1.70. The number of benzene rings is 1. The van der Waals surface area contributed by atoms with Crippen molar-refractivity contribution in [3.63, 3.8) is 0 Å². The second-order valence-electron chi connectivity index (χ2n) is 2.33. The molecule has 1 aromatic rings. The highest BCUT2D eigenvalue weighted by atomic mass is 14.8. The molecule has 0 aromatic heterocycles. The highest BCUT2D eigenvalue weighted by molar-refractivity contribution is 5.70. The lowest BCUT2D eigenvalue weighted by atomic mass is 10.1. The van der Waals surface area contributed by atoms with E-state index in [1.165, 1.54) is 0 Å². The molecule has 0 heterocycles. The molecule has 2 nitrogen and oxygen atoms in total. The van der Waals surface area contributed by atoms with Crippen molar-refractivity contribution in [1.82, 2.24) is 0 Å². The summed E-state index contributed by atoms with van der Waals surface area (Å²) in [6.07, 6.45) is 1.68. The minimum atomic E-state index is 0.650. The fourth-order valence-electron chi connectivity index (χ4n) is 1.10. The first-order valence-corrected chi connectivity index (χ1v) is 3.66. The molecular weight excluding hydrogens is 148 g/mol. The van der Waals surface area contributed by atoms with Crippen LogP contribution in [0.5, 0.6) is 0 Å². The normalized spacial score (nSPS) is 8.67. The molecule has 0 aliphatic rings. The largest absolute Gasteiger partial charge is 0.388 e. The Bertz CT molecular complexity index is 334. The number of hydrogen-bond donors (Lipinski definition) is 1.